The second-order valence-electron chi connectivity index (χ2n) is 8.23. The lowest BCUT2D eigenvalue weighted by Gasteiger charge is -2.50. The molecule has 3 fully saturated rings. The Kier molecular flexibility index (Phi) is 4.66. The van der Waals surface area contributed by atoms with E-state index in [4.69, 9.17) is 5.73 Å². The number of carboxylic acids is 1. The van der Waals surface area contributed by atoms with Crippen molar-refractivity contribution in [3.63, 3.8) is 0 Å². The highest BCUT2D eigenvalue weighted by Gasteiger charge is 2.74. The Balaban J connectivity index is 1.70. The van der Waals surface area contributed by atoms with Gasteiger partial charge >= 0.3 is 5.91 Å². The van der Waals surface area contributed by atoms with Crippen LogP contribution >= 0.6 is 11.8 Å². The first kappa shape index (κ1) is 18.7. The molecule has 1 aliphatic carbocycles. The molecule has 2 heterocycles. The van der Waals surface area contributed by atoms with Gasteiger partial charge < -0.3 is 21.0 Å². The van der Waals surface area contributed by atoms with E-state index >= 15 is 0 Å². The van der Waals surface area contributed by atoms with Crippen LogP contribution in [-0.4, -0.2) is 57.6 Å². The summed E-state index contributed by atoms with van der Waals surface area (Å²) in [5.74, 6) is -1.64. The predicted octanol–water partition coefficient (Wildman–Crippen LogP) is -0.664. The zero-order valence-electron chi connectivity index (χ0n) is 15.0. The summed E-state index contributed by atoms with van der Waals surface area (Å²) in [5, 5.41) is 14.1. The topological polar surface area (TPSA) is 112 Å². The number of hydrogen-bond acceptors (Lipinski definition) is 6. The number of rotatable bonds is 4. The molecule has 25 heavy (non-hydrogen) atoms. The highest BCUT2D eigenvalue weighted by atomic mass is 32.2. The number of nitrogens with two attached hydrogens (primary N) is 1. The summed E-state index contributed by atoms with van der Waals surface area (Å²) in [4.78, 5) is 36.8. The lowest BCUT2D eigenvalue weighted by Crippen LogP contribution is -2.81. The molecule has 3 N–H and O–H groups in total. The van der Waals surface area contributed by atoms with Crippen LogP contribution in [0.1, 0.15) is 46.0 Å². The van der Waals surface area contributed by atoms with E-state index in [1.807, 2.05) is 0 Å². The van der Waals surface area contributed by atoms with Gasteiger partial charge in [0.05, 0.1) is 17.8 Å². The quantitative estimate of drug-likeness (QED) is 0.502. The van der Waals surface area contributed by atoms with Crippen LogP contribution < -0.4 is 16.2 Å². The monoisotopic (exact) mass is 369 g/mol. The van der Waals surface area contributed by atoms with Gasteiger partial charge in [-0.25, -0.2) is 9.28 Å². The van der Waals surface area contributed by atoms with Crippen LogP contribution in [0.25, 0.3) is 0 Å². The molecule has 0 spiro atoms. The molecular formula is C17H27N3O4S. The Bertz CT molecular complexity index is 605. The maximum Gasteiger partial charge on any atom is 0.344 e. The summed E-state index contributed by atoms with van der Waals surface area (Å²) in [6, 6.07) is -2.21. The highest BCUT2D eigenvalue weighted by molar-refractivity contribution is 8.01. The van der Waals surface area contributed by atoms with E-state index in [1.54, 1.807) is 20.9 Å². The number of thioether (sulfide) groups is 1. The summed E-state index contributed by atoms with van der Waals surface area (Å²) in [6.07, 6.45) is 5.24. The highest BCUT2D eigenvalue weighted by Crippen LogP contribution is 2.55. The largest absolute Gasteiger partial charge is 0.544 e. The van der Waals surface area contributed by atoms with Gasteiger partial charge in [-0.3, -0.25) is 4.79 Å². The number of hydrogen-bond donors (Lipinski definition) is 2. The average Bonchev–Trinajstić information content (AvgIpc) is 2.76. The number of likely N-dealkylation sites (N-methyl/N-ethyl adjacent to an activating group) is 1. The minimum Gasteiger partial charge on any atom is -0.544 e. The van der Waals surface area contributed by atoms with Gasteiger partial charge in [0.2, 0.25) is 11.9 Å². The number of carboxylic acid groups (broad SMARTS) is 1. The first-order valence-electron chi connectivity index (χ1n) is 8.95. The number of β-lactam (4-membered cyclic amide) rings is 1. The smallest absolute Gasteiger partial charge is 0.344 e. The Morgan fingerprint density at radius 3 is 2.48 bits per heavy atom. The van der Waals surface area contributed by atoms with Gasteiger partial charge in [0.15, 0.2) is 11.4 Å². The van der Waals surface area contributed by atoms with Crippen molar-refractivity contribution in [3.05, 3.63) is 0 Å². The average molecular weight is 369 g/mol. The van der Waals surface area contributed by atoms with Gasteiger partial charge in [-0.2, -0.15) is 0 Å². The maximum atomic E-state index is 12.7. The number of fused-ring (bicyclic) bond motifs is 1. The van der Waals surface area contributed by atoms with E-state index in [0.29, 0.717) is 0 Å². The summed E-state index contributed by atoms with van der Waals surface area (Å²) in [7, 11) is 1.62. The predicted molar refractivity (Wildman–Crippen MR) is 91.9 cm³/mol. The molecule has 1 saturated carbocycles. The third-order valence-corrected chi connectivity index (χ3v) is 7.94. The number of quaternary nitrogens is 1. The Morgan fingerprint density at radius 1 is 1.32 bits per heavy atom. The molecule has 0 bridgehead atoms. The van der Waals surface area contributed by atoms with Gasteiger partial charge in [-0.15, -0.1) is 0 Å². The zero-order chi connectivity index (χ0) is 18.6. The molecule has 2 amide bonds. The van der Waals surface area contributed by atoms with E-state index < -0.39 is 28.8 Å². The second kappa shape index (κ2) is 6.25. The van der Waals surface area contributed by atoms with E-state index in [2.05, 4.69) is 5.32 Å². The molecule has 3 aliphatic rings. The van der Waals surface area contributed by atoms with Gasteiger partial charge in [-0.1, -0.05) is 31.0 Å². The van der Waals surface area contributed by atoms with Gasteiger partial charge in [0.25, 0.3) is 0 Å². The molecule has 5 unspecified atom stereocenters. The lowest BCUT2D eigenvalue weighted by atomic mass is 9.83. The molecular weight excluding hydrogens is 342 g/mol. The third kappa shape index (κ3) is 2.78. The second-order valence-corrected chi connectivity index (χ2v) is 10.00. The summed E-state index contributed by atoms with van der Waals surface area (Å²) in [5.41, 5.74) is 6.12. The molecule has 140 valence electrons. The molecule has 0 radical (unpaired) electrons. The maximum absolute atomic E-state index is 12.7. The van der Waals surface area contributed by atoms with Crippen molar-refractivity contribution in [1.29, 1.82) is 0 Å². The zero-order valence-corrected chi connectivity index (χ0v) is 15.8. The van der Waals surface area contributed by atoms with E-state index in [1.165, 1.54) is 18.2 Å². The van der Waals surface area contributed by atoms with Gasteiger partial charge in [0.1, 0.15) is 5.97 Å². The van der Waals surface area contributed by atoms with Crippen LogP contribution in [-0.2, 0) is 14.4 Å². The van der Waals surface area contributed by atoms with Crippen molar-refractivity contribution in [2.75, 3.05) is 7.05 Å². The molecule has 3 rings (SSSR count). The van der Waals surface area contributed by atoms with E-state index in [9.17, 15) is 19.5 Å². The molecule has 2 aliphatic heterocycles. The summed E-state index contributed by atoms with van der Waals surface area (Å²) < 4.78 is -0.859. The Morgan fingerprint density at radius 2 is 1.92 bits per heavy atom. The third-order valence-electron chi connectivity index (χ3n) is 6.16. The van der Waals surface area contributed by atoms with Crippen LogP contribution in [0.3, 0.4) is 0 Å². The van der Waals surface area contributed by atoms with Crippen molar-refractivity contribution in [3.8, 4) is 0 Å². The normalized spacial score (nSPS) is 38.6. The van der Waals surface area contributed by atoms with Gasteiger partial charge in [-0.05, 0) is 32.6 Å². The van der Waals surface area contributed by atoms with E-state index in [-0.39, 0.29) is 27.6 Å². The van der Waals surface area contributed by atoms with Crippen molar-refractivity contribution < 1.29 is 24.0 Å². The molecule has 2 saturated heterocycles. The minimum atomic E-state index is -1.22. The van der Waals surface area contributed by atoms with Crippen molar-refractivity contribution in [2.24, 2.45) is 11.7 Å². The van der Waals surface area contributed by atoms with E-state index in [0.717, 1.165) is 25.7 Å². The Labute approximate surface area is 152 Å². The number of carbonyl (C=O) groups is 3. The van der Waals surface area contributed by atoms with Crippen LogP contribution in [0.2, 0.25) is 0 Å². The first-order chi connectivity index (χ1) is 11.6. The Hall–Kier alpha value is -1.12. The number of nitrogens with zero attached hydrogens (tertiary/aromatic N) is 1. The first-order valence-corrected chi connectivity index (χ1v) is 9.83. The number of aliphatic carboxylic acids is 1. The fourth-order valence-electron chi connectivity index (χ4n) is 4.84. The SMILES string of the molecule is CC1(C)SC2C(NC(=O)C(N)C3CCCCC3)C(=O)[N+]2(C)C1C(=O)[O-]. The molecule has 0 aromatic rings. The molecule has 0 aromatic carbocycles. The number of amides is 2. The van der Waals surface area contributed by atoms with Crippen molar-refractivity contribution in [2.45, 2.75) is 74.2 Å². The molecule has 0 aromatic heterocycles. The fourth-order valence-corrected chi connectivity index (χ4v) is 6.67. The van der Waals surface area contributed by atoms with Crippen LogP contribution in [0.4, 0.5) is 0 Å². The standard InChI is InChI=1S/C17H27N3O4S/c1-17(2)12(16(23)24)20(3)14(22)11(15(20)25-17)19-13(21)10(18)9-7-5-4-6-8-9/h9-12,15H,4-8,18H2,1-3H3,(H-,19,21,23,24). The van der Waals surface area contributed by atoms with Crippen LogP contribution in [0, 0.1) is 5.92 Å². The lowest BCUT2D eigenvalue weighted by molar-refractivity contribution is -0.887. The summed E-state index contributed by atoms with van der Waals surface area (Å²) >= 11 is 1.43. The number of carbonyl (C=O) groups excluding carboxylic acids is 3. The minimum absolute atomic E-state index is 0.161. The fraction of sp³-hybridized carbons (Fsp3) is 0.824. The van der Waals surface area contributed by atoms with Crippen molar-refractivity contribution in [1.82, 2.24) is 5.32 Å². The molecule has 5 atom stereocenters. The molecule has 7 nitrogen and oxygen atoms in total. The van der Waals surface area contributed by atoms with Gasteiger partial charge in [0, 0.05) is 0 Å². The van der Waals surface area contributed by atoms with Crippen molar-refractivity contribution >= 4 is 29.5 Å². The number of nitrogens with one attached hydrogen (secondary N) is 1. The van der Waals surface area contributed by atoms with Crippen LogP contribution in [0.15, 0.2) is 0 Å². The summed E-state index contributed by atoms with van der Waals surface area (Å²) in [6.45, 7) is 3.61. The molecule has 8 heteroatoms. The van der Waals surface area contributed by atoms with Crippen LogP contribution in [0.5, 0.6) is 0 Å².